The standard InChI is InChI=1S/C21H20N4O.C2H6/c1-3-15-7-5-13-11-14(6-9-17(13)22-15)21(26)23-16-8-10-18-19(12-16)25-20(4-2)24-18;1-2/h5-12H,3-4H2,1-2H3,(H,23,26)(H,24,25);1-2H3. The van der Waals surface area contributed by atoms with Crippen LogP contribution in [0.3, 0.4) is 0 Å². The van der Waals surface area contributed by atoms with E-state index in [1.54, 1.807) is 0 Å². The first-order chi connectivity index (χ1) is 13.7. The monoisotopic (exact) mass is 374 g/mol. The van der Waals surface area contributed by atoms with Crippen molar-refractivity contribution in [1.82, 2.24) is 15.0 Å². The number of nitrogens with zero attached hydrogens (tertiary/aromatic N) is 2. The largest absolute Gasteiger partial charge is 0.342 e. The Morgan fingerprint density at radius 1 is 0.929 bits per heavy atom. The summed E-state index contributed by atoms with van der Waals surface area (Å²) in [7, 11) is 0. The summed E-state index contributed by atoms with van der Waals surface area (Å²) in [6.45, 7) is 8.13. The summed E-state index contributed by atoms with van der Waals surface area (Å²) in [5.41, 5.74) is 5.15. The third-order valence-corrected chi connectivity index (χ3v) is 4.49. The highest BCUT2D eigenvalue weighted by molar-refractivity contribution is 6.06. The number of aryl methyl sites for hydroxylation is 2. The van der Waals surface area contributed by atoms with Crippen LogP contribution in [0.1, 0.15) is 49.6 Å². The van der Waals surface area contributed by atoms with Gasteiger partial charge in [0.25, 0.3) is 5.91 Å². The summed E-state index contributed by atoms with van der Waals surface area (Å²) >= 11 is 0. The van der Waals surface area contributed by atoms with Crippen LogP contribution in [0, 0.1) is 0 Å². The molecule has 0 unspecified atom stereocenters. The highest BCUT2D eigenvalue weighted by Crippen LogP contribution is 2.20. The molecule has 0 aliphatic heterocycles. The van der Waals surface area contributed by atoms with E-state index in [0.717, 1.165) is 52.0 Å². The molecular formula is C23H26N4O. The van der Waals surface area contributed by atoms with E-state index in [9.17, 15) is 4.79 Å². The molecule has 2 aromatic heterocycles. The molecule has 28 heavy (non-hydrogen) atoms. The highest BCUT2D eigenvalue weighted by Gasteiger charge is 2.09. The van der Waals surface area contributed by atoms with Crippen LogP contribution in [0.2, 0.25) is 0 Å². The number of carbonyl (C=O) groups is 1. The molecule has 0 bridgehead atoms. The molecule has 144 valence electrons. The van der Waals surface area contributed by atoms with Gasteiger partial charge in [-0.05, 0) is 48.9 Å². The highest BCUT2D eigenvalue weighted by atomic mass is 16.1. The predicted molar refractivity (Wildman–Crippen MR) is 116 cm³/mol. The summed E-state index contributed by atoms with van der Waals surface area (Å²) in [5.74, 6) is 0.804. The molecule has 2 N–H and O–H groups in total. The van der Waals surface area contributed by atoms with E-state index in [2.05, 4.69) is 34.1 Å². The third kappa shape index (κ3) is 4.03. The lowest BCUT2D eigenvalue weighted by Crippen LogP contribution is -2.11. The van der Waals surface area contributed by atoms with Gasteiger partial charge in [-0.3, -0.25) is 9.78 Å². The Labute approximate surface area is 165 Å². The van der Waals surface area contributed by atoms with Crippen LogP contribution >= 0.6 is 0 Å². The second kappa shape index (κ2) is 8.65. The van der Waals surface area contributed by atoms with E-state index < -0.39 is 0 Å². The first-order valence-electron chi connectivity index (χ1n) is 9.86. The Balaban J connectivity index is 0.00000109. The fourth-order valence-corrected chi connectivity index (χ4v) is 3.02. The molecule has 0 radical (unpaired) electrons. The smallest absolute Gasteiger partial charge is 0.255 e. The van der Waals surface area contributed by atoms with Crippen molar-refractivity contribution in [3.05, 3.63) is 65.6 Å². The molecule has 0 atom stereocenters. The van der Waals surface area contributed by atoms with Gasteiger partial charge >= 0.3 is 0 Å². The van der Waals surface area contributed by atoms with Crippen LogP contribution in [-0.2, 0) is 12.8 Å². The summed E-state index contributed by atoms with van der Waals surface area (Å²) in [6.07, 6.45) is 1.75. The zero-order valence-electron chi connectivity index (χ0n) is 16.8. The van der Waals surface area contributed by atoms with Crippen LogP contribution in [-0.4, -0.2) is 20.9 Å². The average molecular weight is 374 g/mol. The Morgan fingerprint density at radius 2 is 1.71 bits per heavy atom. The van der Waals surface area contributed by atoms with Gasteiger partial charge in [0, 0.05) is 28.8 Å². The van der Waals surface area contributed by atoms with Crippen LogP contribution in [0.5, 0.6) is 0 Å². The topological polar surface area (TPSA) is 70.7 Å². The third-order valence-electron chi connectivity index (χ3n) is 4.49. The number of benzene rings is 2. The van der Waals surface area contributed by atoms with Crippen molar-refractivity contribution in [1.29, 1.82) is 0 Å². The van der Waals surface area contributed by atoms with Crippen molar-refractivity contribution >= 4 is 33.5 Å². The number of nitrogens with one attached hydrogen (secondary N) is 2. The van der Waals surface area contributed by atoms with Gasteiger partial charge in [0.15, 0.2) is 0 Å². The van der Waals surface area contributed by atoms with Gasteiger partial charge in [0.2, 0.25) is 0 Å². The zero-order valence-corrected chi connectivity index (χ0v) is 16.8. The Kier molecular flexibility index (Phi) is 6.04. The van der Waals surface area contributed by atoms with Gasteiger partial charge in [-0.25, -0.2) is 4.98 Å². The number of hydrogen-bond donors (Lipinski definition) is 2. The molecule has 5 heteroatoms. The van der Waals surface area contributed by atoms with Gasteiger partial charge in [-0.1, -0.05) is 33.8 Å². The van der Waals surface area contributed by atoms with E-state index in [1.165, 1.54) is 0 Å². The molecular weight excluding hydrogens is 348 g/mol. The summed E-state index contributed by atoms with van der Waals surface area (Å²) in [6, 6.07) is 15.3. The molecule has 0 fully saturated rings. The van der Waals surface area contributed by atoms with E-state index in [4.69, 9.17) is 0 Å². The Hall–Kier alpha value is -3.21. The van der Waals surface area contributed by atoms with Gasteiger partial charge in [-0.15, -0.1) is 0 Å². The Bertz CT molecular complexity index is 1110. The SMILES string of the molecule is CC.CCc1ccc2cc(C(=O)Nc3ccc4nc(CC)[nH]c4c3)ccc2n1. The van der Waals surface area contributed by atoms with Crippen LogP contribution in [0.25, 0.3) is 21.9 Å². The number of aromatic amines is 1. The summed E-state index contributed by atoms with van der Waals surface area (Å²) in [5, 5.41) is 3.92. The summed E-state index contributed by atoms with van der Waals surface area (Å²) < 4.78 is 0. The minimum Gasteiger partial charge on any atom is -0.342 e. The van der Waals surface area contributed by atoms with Crippen LogP contribution in [0.15, 0.2) is 48.5 Å². The van der Waals surface area contributed by atoms with E-state index in [1.807, 2.05) is 62.4 Å². The minimum atomic E-state index is -0.138. The number of carbonyl (C=O) groups excluding carboxylic acids is 1. The molecule has 0 aliphatic rings. The number of rotatable bonds is 4. The number of pyridine rings is 1. The number of fused-ring (bicyclic) bond motifs is 2. The van der Waals surface area contributed by atoms with Crippen molar-refractivity contribution in [3.8, 4) is 0 Å². The first-order valence-corrected chi connectivity index (χ1v) is 9.86. The number of hydrogen-bond acceptors (Lipinski definition) is 3. The lowest BCUT2D eigenvalue weighted by Gasteiger charge is -2.07. The van der Waals surface area contributed by atoms with Crippen LogP contribution in [0.4, 0.5) is 5.69 Å². The molecule has 0 saturated heterocycles. The fraction of sp³-hybridized carbons (Fsp3) is 0.261. The molecule has 4 aromatic rings. The molecule has 0 aliphatic carbocycles. The first kappa shape index (κ1) is 19.5. The number of imidazole rings is 1. The van der Waals surface area contributed by atoms with Gasteiger partial charge in [-0.2, -0.15) is 0 Å². The fourth-order valence-electron chi connectivity index (χ4n) is 3.02. The maximum Gasteiger partial charge on any atom is 0.255 e. The molecule has 2 heterocycles. The van der Waals surface area contributed by atoms with Crippen molar-refractivity contribution in [2.24, 2.45) is 0 Å². The molecule has 0 spiro atoms. The van der Waals surface area contributed by atoms with Crippen LogP contribution < -0.4 is 5.32 Å². The maximum absolute atomic E-state index is 12.6. The lowest BCUT2D eigenvalue weighted by molar-refractivity contribution is 0.102. The van der Waals surface area contributed by atoms with Gasteiger partial charge in [0.05, 0.1) is 16.6 Å². The quantitative estimate of drug-likeness (QED) is 0.494. The van der Waals surface area contributed by atoms with E-state index in [-0.39, 0.29) is 5.91 Å². The predicted octanol–water partition coefficient (Wildman–Crippen LogP) is 5.51. The minimum absolute atomic E-state index is 0.138. The molecule has 0 saturated carbocycles. The molecule has 1 amide bonds. The number of aromatic nitrogens is 3. The van der Waals surface area contributed by atoms with Crippen molar-refractivity contribution in [3.63, 3.8) is 0 Å². The second-order valence-corrected chi connectivity index (χ2v) is 6.29. The number of amides is 1. The average Bonchev–Trinajstić information content (AvgIpc) is 3.17. The normalized spacial score (nSPS) is 10.6. The maximum atomic E-state index is 12.6. The number of anilines is 1. The Morgan fingerprint density at radius 3 is 2.46 bits per heavy atom. The number of H-pyrrole nitrogens is 1. The molecule has 2 aromatic carbocycles. The van der Waals surface area contributed by atoms with Gasteiger partial charge in [0.1, 0.15) is 5.82 Å². The van der Waals surface area contributed by atoms with Crippen molar-refractivity contribution < 1.29 is 4.79 Å². The van der Waals surface area contributed by atoms with Crippen molar-refractivity contribution in [2.45, 2.75) is 40.5 Å². The second-order valence-electron chi connectivity index (χ2n) is 6.29. The van der Waals surface area contributed by atoms with E-state index in [0.29, 0.717) is 5.56 Å². The lowest BCUT2D eigenvalue weighted by atomic mass is 10.1. The van der Waals surface area contributed by atoms with Crippen molar-refractivity contribution in [2.75, 3.05) is 5.32 Å². The zero-order chi connectivity index (χ0) is 20.1. The van der Waals surface area contributed by atoms with Gasteiger partial charge < -0.3 is 10.3 Å². The summed E-state index contributed by atoms with van der Waals surface area (Å²) in [4.78, 5) is 24.9. The van der Waals surface area contributed by atoms with E-state index >= 15 is 0 Å². The molecule has 4 rings (SSSR count). The molecule has 5 nitrogen and oxygen atoms in total.